The topological polar surface area (TPSA) is 64.9 Å². The fourth-order valence-corrected chi connectivity index (χ4v) is 4.09. The monoisotopic (exact) mass is 343 g/mol. The zero-order valence-corrected chi connectivity index (χ0v) is 14.9. The number of fused-ring (bicyclic) bond motifs is 1. The van der Waals surface area contributed by atoms with E-state index < -0.39 is 0 Å². The van der Waals surface area contributed by atoms with Crippen molar-refractivity contribution in [2.75, 3.05) is 19.0 Å². The van der Waals surface area contributed by atoms with E-state index in [-0.39, 0.29) is 0 Å². The van der Waals surface area contributed by atoms with Gasteiger partial charge in [0.15, 0.2) is 11.6 Å². The Bertz CT molecular complexity index is 865. The Morgan fingerprint density at radius 1 is 1.38 bits per heavy atom. The third-order valence-corrected chi connectivity index (χ3v) is 5.71. The summed E-state index contributed by atoms with van der Waals surface area (Å²) < 4.78 is 7.31. The number of imidazole rings is 1. The maximum atomic E-state index is 5.36. The van der Waals surface area contributed by atoms with Crippen molar-refractivity contribution in [3.05, 3.63) is 23.3 Å². The van der Waals surface area contributed by atoms with Crippen LogP contribution < -0.4 is 5.32 Å². The van der Waals surface area contributed by atoms with Crippen LogP contribution in [0.25, 0.3) is 21.9 Å². The van der Waals surface area contributed by atoms with Crippen LogP contribution >= 0.6 is 11.3 Å². The lowest BCUT2D eigenvalue weighted by Gasteiger charge is -2.34. The molecule has 0 unspecified atom stereocenters. The average Bonchev–Trinajstić information content (AvgIpc) is 3.12. The van der Waals surface area contributed by atoms with Gasteiger partial charge in [0.25, 0.3) is 0 Å². The highest BCUT2D eigenvalue weighted by molar-refractivity contribution is 7.17. The maximum Gasteiger partial charge on any atom is 0.199 e. The van der Waals surface area contributed by atoms with E-state index in [9.17, 15) is 0 Å². The highest BCUT2D eigenvalue weighted by atomic mass is 32.1. The molecule has 126 valence electrons. The van der Waals surface area contributed by atoms with Crippen LogP contribution in [0, 0.1) is 12.8 Å². The second-order valence-corrected chi connectivity index (χ2v) is 7.29. The van der Waals surface area contributed by atoms with Crippen molar-refractivity contribution in [3.8, 4) is 11.6 Å². The number of methoxy groups -OCH3 is 1. The van der Waals surface area contributed by atoms with E-state index in [0.29, 0.717) is 17.8 Å². The smallest absolute Gasteiger partial charge is 0.199 e. The number of hydrogen-bond acceptors (Lipinski definition) is 6. The second-order valence-electron chi connectivity index (χ2n) is 6.43. The summed E-state index contributed by atoms with van der Waals surface area (Å²) in [7, 11) is 3.75. The first-order valence-corrected chi connectivity index (χ1v) is 9.04. The molecule has 3 heterocycles. The van der Waals surface area contributed by atoms with E-state index in [2.05, 4.69) is 22.6 Å². The molecule has 1 saturated carbocycles. The van der Waals surface area contributed by atoms with Gasteiger partial charge in [-0.3, -0.25) is 0 Å². The molecule has 24 heavy (non-hydrogen) atoms. The molecule has 0 radical (unpaired) electrons. The number of nitrogens with zero attached hydrogens (tertiary/aromatic N) is 4. The summed E-state index contributed by atoms with van der Waals surface area (Å²) in [5.74, 6) is 3.02. The molecule has 4 rings (SSSR count). The Labute approximate surface area is 144 Å². The molecular weight excluding hydrogens is 322 g/mol. The third kappa shape index (κ3) is 2.67. The molecule has 1 fully saturated rings. The summed E-state index contributed by atoms with van der Waals surface area (Å²) in [5, 5.41) is 6.81. The van der Waals surface area contributed by atoms with Crippen molar-refractivity contribution >= 4 is 27.4 Å². The van der Waals surface area contributed by atoms with E-state index in [1.165, 1.54) is 5.56 Å². The summed E-state index contributed by atoms with van der Waals surface area (Å²) in [6, 6.07) is 0. The van der Waals surface area contributed by atoms with Crippen LogP contribution in [0.15, 0.2) is 17.8 Å². The quantitative estimate of drug-likeness (QED) is 0.770. The molecule has 0 atom stereocenters. The van der Waals surface area contributed by atoms with Crippen molar-refractivity contribution in [2.24, 2.45) is 13.0 Å². The van der Waals surface area contributed by atoms with E-state index in [0.717, 1.165) is 41.2 Å². The van der Waals surface area contributed by atoms with E-state index >= 15 is 0 Å². The Kier molecular flexibility index (Phi) is 3.97. The molecule has 0 bridgehead atoms. The molecule has 0 amide bonds. The number of anilines is 1. The number of ether oxygens (including phenoxy) is 1. The maximum absolute atomic E-state index is 5.36. The molecular formula is C17H21N5OS. The van der Waals surface area contributed by atoms with Gasteiger partial charge in [0, 0.05) is 33.1 Å². The Hall–Kier alpha value is -1.99. The van der Waals surface area contributed by atoms with Gasteiger partial charge < -0.3 is 14.6 Å². The fourth-order valence-electron chi connectivity index (χ4n) is 3.17. The molecule has 1 N–H and O–H groups in total. The standard InChI is InChI=1S/C17H21N5OS/c1-10-9-24-17-13(10)14(19-8-11-6-12(7-11)23-3)20-15(21-17)16-18-4-5-22(16)2/h4-5,9,11-12H,6-8H2,1-3H3,(H,19,20,21). The van der Waals surface area contributed by atoms with Crippen molar-refractivity contribution < 1.29 is 4.74 Å². The number of thiophene rings is 1. The lowest BCUT2D eigenvalue weighted by molar-refractivity contribution is 0.00562. The highest BCUT2D eigenvalue weighted by Crippen LogP contribution is 2.33. The van der Waals surface area contributed by atoms with Crippen LogP contribution in [0.2, 0.25) is 0 Å². The molecule has 1 aliphatic rings. The first-order chi connectivity index (χ1) is 11.7. The largest absolute Gasteiger partial charge is 0.381 e. The van der Waals surface area contributed by atoms with E-state index in [1.807, 2.05) is 17.8 Å². The second kappa shape index (κ2) is 6.14. The number of rotatable bonds is 5. The Balaban J connectivity index is 1.65. The lowest BCUT2D eigenvalue weighted by atomic mass is 9.82. The van der Waals surface area contributed by atoms with Gasteiger partial charge in [-0.25, -0.2) is 15.0 Å². The molecule has 3 aromatic heterocycles. The minimum atomic E-state index is 0.424. The van der Waals surface area contributed by atoms with Crippen molar-refractivity contribution in [1.82, 2.24) is 19.5 Å². The van der Waals surface area contributed by atoms with Gasteiger partial charge in [0.1, 0.15) is 10.6 Å². The Morgan fingerprint density at radius 2 is 2.21 bits per heavy atom. The first-order valence-electron chi connectivity index (χ1n) is 8.16. The van der Waals surface area contributed by atoms with E-state index in [4.69, 9.17) is 14.7 Å². The SMILES string of the molecule is COC1CC(CNc2nc(-c3nccn3C)nc3scc(C)c23)C1. The summed E-state index contributed by atoms with van der Waals surface area (Å²) >= 11 is 1.66. The molecule has 7 heteroatoms. The lowest BCUT2D eigenvalue weighted by Crippen LogP contribution is -2.34. The average molecular weight is 343 g/mol. The molecule has 0 aliphatic heterocycles. The van der Waals surface area contributed by atoms with Crippen LogP contribution in [-0.4, -0.2) is 39.3 Å². The van der Waals surface area contributed by atoms with Crippen molar-refractivity contribution in [2.45, 2.75) is 25.9 Å². The van der Waals surface area contributed by atoms with Crippen LogP contribution in [0.3, 0.4) is 0 Å². The van der Waals surface area contributed by atoms with Gasteiger partial charge >= 0.3 is 0 Å². The predicted octanol–water partition coefficient (Wildman–Crippen LogP) is 3.24. The van der Waals surface area contributed by atoms with Gasteiger partial charge in [-0.1, -0.05) is 0 Å². The van der Waals surface area contributed by atoms with Crippen LogP contribution in [0.4, 0.5) is 5.82 Å². The van der Waals surface area contributed by atoms with Crippen LogP contribution in [0.1, 0.15) is 18.4 Å². The summed E-state index contributed by atoms with van der Waals surface area (Å²) in [5.41, 5.74) is 1.22. The highest BCUT2D eigenvalue weighted by Gasteiger charge is 2.29. The Morgan fingerprint density at radius 3 is 2.92 bits per heavy atom. The molecule has 1 aliphatic carbocycles. The zero-order chi connectivity index (χ0) is 16.7. The van der Waals surface area contributed by atoms with E-state index in [1.54, 1.807) is 24.6 Å². The molecule has 0 spiro atoms. The summed E-state index contributed by atoms with van der Waals surface area (Å²) in [6.07, 6.45) is 6.34. The molecule has 3 aromatic rings. The minimum absolute atomic E-state index is 0.424. The summed E-state index contributed by atoms with van der Waals surface area (Å²) in [6.45, 7) is 3.03. The van der Waals surface area contributed by atoms with Crippen molar-refractivity contribution in [1.29, 1.82) is 0 Å². The van der Waals surface area contributed by atoms with Gasteiger partial charge in [0.05, 0.1) is 11.5 Å². The summed E-state index contributed by atoms with van der Waals surface area (Å²) in [4.78, 5) is 14.9. The zero-order valence-electron chi connectivity index (χ0n) is 14.1. The normalized spacial score (nSPS) is 20.3. The van der Waals surface area contributed by atoms with Crippen LogP contribution in [-0.2, 0) is 11.8 Å². The van der Waals surface area contributed by atoms with Crippen molar-refractivity contribution in [3.63, 3.8) is 0 Å². The number of nitrogens with one attached hydrogen (secondary N) is 1. The molecule has 0 aromatic carbocycles. The van der Waals surface area contributed by atoms with Gasteiger partial charge in [0.2, 0.25) is 0 Å². The molecule has 6 nitrogen and oxygen atoms in total. The number of aryl methyl sites for hydroxylation is 2. The third-order valence-electron chi connectivity index (χ3n) is 4.72. The fraction of sp³-hybridized carbons (Fsp3) is 0.471. The predicted molar refractivity (Wildman–Crippen MR) is 96.4 cm³/mol. The minimum Gasteiger partial charge on any atom is -0.381 e. The van der Waals surface area contributed by atoms with Crippen LogP contribution in [0.5, 0.6) is 0 Å². The van der Waals surface area contributed by atoms with Gasteiger partial charge in [-0.15, -0.1) is 11.3 Å². The number of hydrogen-bond donors (Lipinski definition) is 1. The number of aromatic nitrogens is 4. The van der Waals surface area contributed by atoms with Gasteiger partial charge in [-0.05, 0) is 36.6 Å². The van der Waals surface area contributed by atoms with Gasteiger partial charge in [-0.2, -0.15) is 0 Å². The molecule has 0 saturated heterocycles. The first kappa shape index (κ1) is 15.5.